The van der Waals surface area contributed by atoms with Crippen molar-refractivity contribution in [3.63, 3.8) is 0 Å². The predicted octanol–water partition coefficient (Wildman–Crippen LogP) is 2.71. The van der Waals surface area contributed by atoms with Gasteiger partial charge in [-0.05, 0) is 56.9 Å². The van der Waals surface area contributed by atoms with Gasteiger partial charge in [0, 0.05) is 18.0 Å². The lowest BCUT2D eigenvalue weighted by Crippen LogP contribution is -2.49. The molecule has 1 heterocycles. The largest absolute Gasteiger partial charge is 0.353 e. The molecule has 0 aromatic rings. The Bertz CT molecular complexity index is 327. The first-order chi connectivity index (χ1) is 8.87. The Morgan fingerprint density at radius 2 is 2.00 bits per heavy atom. The standard InChI is InChI=1S/C16H30N2O/c1-11-10-16(3,4)7-5-14(11)18-15(19)13-6-8-17-12(2)9-13/h11-14,17H,5-10H2,1-4H3,(H,18,19)/t11?,12-,13-,14?/m0/s1. The molecule has 0 bridgehead atoms. The maximum atomic E-state index is 12.4. The zero-order valence-corrected chi connectivity index (χ0v) is 13.0. The summed E-state index contributed by atoms with van der Waals surface area (Å²) in [6.07, 6.45) is 5.56. The molecule has 2 N–H and O–H groups in total. The van der Waals surface area contributed by atoms with Crippen molar-refractivity contribution in [1.29, 1.82) is 0 Å². The number of hydrogen-bond acceptors (Lipinski definition) is 2. The van der Waals surface area contributed by atoms with Gasteiger partial charge in [0.1, 0.15) is 0 Å². The van der Waals surface area contributed by atoms with Crippen molar-refractivity contribution in [2.45, 2.75) is 71.9 Å². The lowest BCUT2D eigenvalue weighted by atomic mass is 9.70. The fourth-order valence-electron chi connectivity index (χ4n) is 3.83. The molecule has 1 aliphatic heterocycles. The fraction of sp³-hybridized carbons (Fsp3) is 0.938. The number of carbonyl (C=O) groups is 1. The van der Waals surface area contributed by atoms with Gasteiger partial charge in [0.15, 0.2) is 0 Å². The van der Waals surface area contributed by atoms with Crippen LogP contribution < -0.4 is 10.6 Å². The van der Waals surface area contributed by atoms with Crippen molar-refractivity contribution in [3.8, 4) is 0 Å². The van der Waals surface area contributed by atoms with Crippen molar-refractivity contribution in [1.82, 2.24) is 10.6 Å². The molecule has 0 radical (unpaired) electrons. The smallest absolute Gasteiger partial charge is 0.223 e. The van der Waals surface area contributed by atoms with E-state index in [0.717, 1.165) is 25.8 Å². The van der Waals surface area contributed by atoms with Crippen molar-refractivity contribution >= 4 is 5.91 Å². The summed E-state index contributed by atoms with van der Waals surface area (Å²) in [6.45, 7) is 10.1. The Labute approximate surface area is 117 Å². The average Bonchev–Trinajstić information content (AvgIpc) is 2.32. The molecule has 1 saturated carbocycles. The molecule has 0 aromatic heterocycles. The first-order valence-corrected chi connectivity index (χ1v) is 7.91. The Morgan fingerprint density at radius 1 is 1.26 bits per heavy atom. The number of carbonyl (C=O) groups excluding carboxylic acids is 1. The molecule has 3 nitrogen and oxygen atoms in total. The second-order valence-corrected chi connectivity index (χ2v) is 7.58. The molecule has 2 aliphatic rings. The van der Waals surface area contributed by atoms with E-state index in [1.807, 2.05) is 0 Å². The van der Waals surface area contributed by atoms with Gasteiger partial charge < -0.3 is 10.6 Å². The van der Waals surface area contributed by atoms with Gasteiger partial charge in [-0.3, -0.25) is 4.79 Å². The molecule has 1 saturated heterocycles. The van der Waals surface area contributed by atoms with Crippen LogP contribution in [0.3, 0.4) is 0 Å². The van der Waals surface area contributed by atoms with Gasteiger partial charge in [0.05, 0.1) is 0 Å². The zero-order valence-electron chi connectivity index (χ0n) is 13.0. The molecule has 2 fully saturated rings. The first-order valence-electron chi connectivity index (χ1n) is 7.91. The van der Waals surface area contributed by atoms with Gasteiger partial charge in [-0.15, -0.1) is 0 Å². The van der Waals surface area contributed by atoms with Crippen molar-refractivity contribution in [2.75, 3.05) is 6.54 Å². The zero-order chi connectivity index (χ0) is 14.0. The summed E-state index contributed by atoms with van der Waals surface area (Å²) in [7, 11) is 0. The van der Waals surface area contributed by atoms with Crippen LogP contribution in [0.2, 0.25) is 0 Å². The second-order valence-electron chi connectivity index (χ2n) is 7.58. The van der Waals surface area contributed by atoms with Crippen LogP contribution >= 0.6 is 0 Å². The summed E-state index contributed by atoms with van der Waals surface area (Å²) in [5.41, 5.74) is 0.448. The minimum atomic E-state index is 0.221. The van der Waals surface area contributed by atoms with Crippen LogP contribution in [0.15, 0.2) is 0 Å². The summed E-state index contributed by atoms with van der Waals surface area (Å²) in [5, 5.41) is 6.74. The summed E-state index contributed by atoms with van der Waals surface area (Å²) in [4.78, 5) is 12.4. The van der Waals surface area contributed by atoms with Crippen LogP contribution in [0, 0.1) is 17.3 Å². The van der Waals surface area contributed by atoms with E-state index in [1.165, 1.54) is 12.8 Å². The molecule has 0 spiro atoms. The monoisotopic (exact) mass is 266 g/mol. The van der Waals surface area contributed by atoms with E-state index in [9.17, 15) is 4.79 Å². The van der Waals surface area contributed by atoms with Gasteiger partial charge in [-0.2, -0.15) is 0 Å². The molecule has 1 amide bonds. The van der Waals surface area contributed by atoms with Gasteiger partial charge in [0.2, 0.25) is 5.91 Å². The number of piperidine rings is 1. The molecule has 110 valence electrons. The molecular formula is C16H30N2O. The van der Waals surface area contributed by atoms with E-state index in [-0.39, 0.29) is 5.92 Å². The van der Waals surface area contributed by atoms with E-state index in [1.54, 1.807) is 0 Å². The van der Waals surface area contributed by atoms with Gasteiger partial charge in [0.25, 0.3) is 0 Å². The summed E-state index contributed by atoms with van der Waals surface area (Å²) in [6, 6.07) is 0.873. The fourth-order valence-corrected chi connectivity index (χ4v) is 3.83. The van der Waals surface area contributed by atoms with E-state index in [2.05, 4.69) is 38.3 Å². The van der Waals surface area contributed by atoms with E-state index >= 15 is 0 Å². The Morgan fingerprint density at radius 3 is 2.63 bits per heavy atom. The quantitative estimate of drug-likeness (QED) is 0.807. The Hall–Kier alpha value is -0.570. The Kier molecular flexibility index (Phi) is 4.54. The van der Waals surface area contributed by atoms with Crippen molar-refractivity contribution in [2.24, 2.45) is 17.3 Å². The van der Waals surface area contributed by atoms with Crippen molar-refractivity contribution < 1.29 is 4.79 Å². The minimum Gasteiger partial charge on any atom is -0.353 e. The third-order valence-electron chi connectivity index (χ3n) is 5.02. The van der Waals surface area contributed by atoms with Crippen molar-refractivity contribution in [3.05, 3.63) is 0 Å². The molecule has 0 aromatic carbocycles. The highest BCUT2D eigenvalue weighted by Crippen LogP contribution is 2.38. The first kappa shape index (κ1) is 14.8. The molecule has 2 rings (SSSR count). The Balaban J connectivity index is 1.85. The predicted molar refractivity (Wildman–Crippen MR) is 78.9 cm³/mol. The number of nitrogens with one attached hydrogen (secondary N) is 2. The SMILES string of the molecule is CC1CC(C)(C)CCC1NC(=O)[C@H]1CCN[C@@H](C)C1. The van der Waals surface area contributed by atoms with Crippen LogP contribution in [0.1, 0.15) is 59.8 Å². The molecule has 1 aliphatic carbocycles. The maximum absolute atomic E-state index is 12.4. The summed E-state index contributed by atoms with van der Waals surface area (Å²) >= 11 is 0. The van der Waals surface area contributed by atoms with Gasteiger partial charge in [-0.25, -0.2) is 0 Å². The third kappa shape index (κ3) is 3.95. The lowest BCUT2D eigenvalue weighted by Gasteiger charge is -2.40. The molecular weight excluding hydrogens is 236 g/mol. The van der Waals surface area contributed by atoms with Gasteiger partial charge in [-0.1, -0.05) is 20.8 Å². The normalized spacial score (nSPS) is 38.7. The highest BCUT2D eigenvalue weighted by atomic mass is 16.1. The molecule has 19 heavy (non-hydrogen) atoms. The van der Waals surface area contributed by atoms with Crippen LogP contribution in [0.5, 0.6) is 0 Å². The maximum Gasteiger partial charge on any atom is 0.223 e. The second kappa shape index (κ2) is 5.82. The highest BCUT2D eigenvalue weighted by Gasteiger charge is 2.34. The van der Waals surface area contributed by atoms with Crippen LogP contribution in [-0.2, 0) is 4.79 Å². The molecule has 4 atom stereocenters. The number of hydrogen-bond donors (Lipinski definition) is 2. The summed E-state index contributed by atoms with van der Waals surface area (Å²) < 4.78 is 0. The number of amides is 1. The summed E-state index contributed by atoms with van der Waals surface area (Å²) in [5.74, 6) is 1.12. The van der Waals surface area contributed by atoms with Crippen LogP contribution in [0.25, 0.3) is 0 Å². The van der Waals surface area contributed by atoms with Crippen LogP contribution in [0.4, 0.5) is 0 Å². The number of rotatable bonds is 2. The van der Waals surface area contributed by atoms with Gasteiger partial charge >= 0.3 is 0 Å². The lowest BCUT2D eigenvalue weighted by molar-refractivity contribution is -0.127. The van der Waals surface area contributed by atoms with Crippen LogP contribution in [-0.4, -0.2) is 24.5 Å². The third-order valence-corrected chi connectivity index (χ3v) is 5.02. The highest BCUT2D eigenvalue weighted by molar-refractivity contribution is 5.79. The van der Waals surface area contributed by atoms with E-state index < -0.39 is 0 Å². The molecule has 3 heteroatoms. The van der Waals surface area contributed by atoms with E-state index in [4.69, 9.17) is 0 Å². The minimum absolute atomic E-state index is 0.221. The average molecular weight is 266 g/mol. The van der Waals surface area contributed by atoms with E-state index in [0.29, 0.717) is 29.3 Å². The molecule has 2 unspecified atom stereocenters. The topological polar surface area (TPSA) is 41.1 Å².